The minimum absolute atomic E-state index is 0.269. The number of carboxylic acids is 1. The van der Waals surface area contributed by atoms with Crippen LogP contribution < -0.4 is 4.90 Å². The molecule has 1 aliphatic heterocycles. The molecule has 2 unspecified atom stereocenters. The van der Waals surface area contributed by atoms with Crippen molar-refractivity contribution in [1.29, 1.82) is 0 Å². The fourth-order valence-corrected chi connectivity index (χ4v) is 6.17. The smallest absolute Gasteiger partial charge is 0.305 e. The number of hydrazine groups is 1. The second-order valence-corrected chi connectivity index (χ2v) is 12.0. The molecule has 1 N–H and O–H groups in total. The van der Waals surface area contributed by atoms with Crippen LogP contribution in [0.5, 0.6) is 0 Å². The third-order valence-electron chi connectivity index (χ3n) is 6.36. The maximum absolute atomic E-state index is 12.2. The maximum atomic E-state index is 12.2. The molecule has 0 aromatic heterocycles. The molecule has 0 spiro atoms. The van der Waals surface area contributed by atoms with Gasteiger partial charge in [0.15, 0.2) is 9.84 Å². The van der Waals surface area contributed by atoms with Crippen molar-refractivity contribution in [3.63, 3.8) is 0 Å². The number of rotatable bonds is 7. The molecule has 0 radical (unpaired) electrons. The molecule has 38 heavy (non-hydrogen) atoms. The zero-order valence-corrected chi connectivity index (χ0v) is 22.7. The molecule has 0 saturated carbocycles. The van der Waals surface area contributed by atoms with E-state index < -0.39 is 33.1 Å². The lowest BCUT2D eigenvalue weighted by Gasteiger charge is -2.44. The van der Waals surface area contributed by atoms with E-state index in [0.717, 1.165) is 21.1 Å². The number of benzene rings is 3. The Morgan fingerprint density at radius 1 is 1.05 bits per heavy atom. The lowest BCUT2D eigenvalue weighted by molar-refractivity contribution is -0.139. The molecule has 0 aliphatic carbocycles. The Balaban J connectivity index is 1.43. The van der Waals surface area contributed by atoms with Gasteiger partial charge in [0.2, 0.25) is 0 Å². The van der Waals surface area contributed by atoms with Crippen LogP contribution >= 0.6 is 0 Å². The quantitative estimate of drug-likeness (QED) is 0.350. The van der Waals surface area contributed by atoms with Crippen LogP contribution in [0.25, 0.3) is 10.8 Å². The van der Waals surface area contributed by atoms with Crippen LogP contribution in [0.4, 0.5) is 5.69 Å². The predicted molar refractivity (Wildman–Crippen MR) is 146 cm³/mol. The van der Waals surface area contributed by atoms with Gasteiger partial charge >= 0.3 is 5.97 Å². The molecule has 200 valence electrons. The number of aliphatic carboxylic acids is 1. The molecular formula is C27H28N3O6S2-. The van der Waals surface area contributed by atoms with Crippen molar-refractivity contribution in [1.82, 2.24) is 9.42 Å². The number of hydrogen-bond donors (Lipinski definition) is 1. The van der Waals surface area contributed by atoms with Crippen LogP contribution in [-0.4, -0.2) is 76.2 Å². The van der Waals surface area contributed by atoms with E-state index in [0.29, 0.717) is 37.1 Å². The fourth-order valence-electron chi connectivity index (χ4n) is 4.55. The van der Waals surface area contributed by atoms with Crippen molar-refractivity contribution in [3.05, 3.63) is 71.8 Å². The molecule has 2 atom stereocenters. The summed E-state index contributed by atoms with van der Waals surface area (Å²) in [5.74, 6) is 5.19. The fraction of sp³-hybridized carbons (Fsp3) is 0.296. The first-order valence-electron chi connectivity index (χ1n) is 12.0. The summed E-state index contributed by atoms with van der Waals surface area (Å²) in [6, 6.07) is 17.8. The number of hydrogen-bond acceptors (Lipinski definition) is 7. The molecule has 4 rings (SSSR count). The standard InChI is InChI=1S/C27H29N3O6S2/c1-20(18-27(31)32)30(37(33)34)29-16-14-28(15-17-29)24-12-9-21(10-13-24)6-7-22-8-11-23-4-3-5-26(25(23)19-22)38(2,35)36/h3-5,8-13,19-20H,14-18H2,1-2H3,(H,31,32)(H,33,34)/p-1. The lowest BCUT2D eigenvalue weighted by atomic mass is 10.1. The average molecular weight is 555 g/mol. The molecule has 11 heteroatoms. The number of fused-ring (bicyclic) bond motifs is 1. The van der Waals surface area contributed by atoms with Crippen LogP contribution in [0, 0.1) is 11.8 Å². The van der Waals surface area contributed by atoms with E-state index in [9.17, 15) is 22.0 Å². The number of carboxylic acid groups (broad SMARTS) is 1. The summed E-state index contributed by atoms with van der Waals surface area (Å²) in [6.45, 7) is 3.63. The molecule has 3 aromatic rings. The van der Waals surface area contributed by atoms with E-state index >= 15 is 0 Å². The second kappa shape index (κ2) is 11.6. The second-order valence-electron chi connectivity index (χ2n) is 9.17. The van der Waals surface area contributed by atoms with E-state index in [4.69, 9.17) is 5.11 Å². The molecule has 1 heterocycles. The van der Waals surface area contributed by atoms with Crippen LogP contribution in [-0.2, 0) is 25.9 Å². The molecular weight excluding hydrogens is 526 g/mol. The van der Waals surface area contributed by atoms with Gasteiger partial charge in [-0.05, 0) is 54.8 Å². The zero-order valence-electron chi connectivity index (χ0n) is 21.0. The largest absolute Gasteiger partial charge is 0.759 e. The summed E-state index contributed by atoms with van der Waals surface area (Å²) in [6.07, 6.45) is 0.928. The highest BCUT2D eigenvalue weighted by molar-refractivity contribution is 7.91. The number of carbonyl (C=O) groups is 1. The Morgan fingerprint density at radius 2 is 1.68 bits per heavy atom. The van der Waals surface area contributed by atoms with E-state index in [2.05, 4.69) is 16.7 Å². The van der Waals surface area contributed by atoms with Gasteiger partial charge in [-0.1, -0.05) is 30.0 Å². The average Bonchev–Trinajstić information content (AvgIpc) is 2.86. The Labute approximate surface area is 225 Å². The first kappa shape index (κ1) is 27.8. The zero-order chi connectivity index (χ0) is 27.4. The van der Waals surface area contributed by atoms with Crippen molar-refractivity contribution < 1.29 is 27.1 Å². The summed E-state index contributed by atoms with van der Waals surface area (Å²) < 4.78 is 48.9. The van der Waals surface area contributed by atoms with Gasteiger partial charge in [-0.15, -0.1) is 0 Å². The summed E-state index contributed by atoms with van der Waals surface area (Å²) in [7, 11) is -3.36. The van der Waals surface area contributed by atoms with Crippen molar-refractivity contribution in [2.75, 3.05) is 37.3 Å². The third-order valence-corrected chi connectivity index (χ3v) is 8.41. The van der Waals surface area contributed by atoms with Crippen LogP contribution in [0.15, 0.2) is 65.6 Å². The van der Waals surface area contributed by atoms with Gasteiger partial charge in [0.1, 0.15) is 0 Å². The summed E-state index contributed by atoms with van der Waals surface area (Å²) in [4.78, 5) is 13.4. The predicted octanol–water partition coefficient (Wildman–Crippen LogP) is 2.64. The van der Waals surface area contributed by atoms with Gasteiger partial charge in [-0.25, -0.2) is 13.4 Å². The highest BCUT2D eigenvalue weighted by atomic mass is 32.2. The van der Waals surface area contributed by atoms with Crippen molar-refractivity contribution in [3.8, 4) is 11.8 Å². The number of nitrogens with zero attached hydrogens (tertiary/aromatic N) is 3. The van der Waals surface area contributed by atoms with Crippen LogP contribution in [0.1, 0.15) is 24.5 Å². The maximum Gasteiger partial charge on any atom is 0.305 e. The summed E-state index contributed by atoms with van der Waals surface area (Å²) in [5.41, 5.74) is 2.50. The lowest BCUT2D eigenvalue weighted by Crippen LogP contribution is -2.57. The van der Waals surface area contributed by atoms with Gasteiger partial charge in [-0.3, -0.25) is 9.00 Å². The van der Waals surface area contributed by atoms with Crippen molar-refractivity contribution in [2.45, 2.75) is 24.3 Å². The Morgan fingerprint density at radius 3 is 2.29 bits per heavy atom. The molecule has 1 aliphatic rings. The number of sulfone groups is 1. The normalized spacial score (nSPS) is 16.2. The highest BCUT2D eigenvalue weighted by Crippen LogP contribution is 2.24. The minimum Gasteiger partial charge on any atom is -0.759 e. The Bertz CT molecular complexity index is 1520. The minimum atomic E-state index is -3.36. The van der Waals surface area contributed by atoms with Crippen molar-refractivity contribution in [2.24, 2.45) is 0 Å². The molecule has 1 saturated heterocycles. The van der Waals surface area contributed by atoms with Gasteiger partial charge in [0.25, 0.3) is 0 Å². The van der Waals surface area contributed by atoms with E-state index in [1.807, 2.05) is 42.5 Å². The SMILES string of the molecule is CC(CC(=O)O)N(N1CCN(c2ccc(C#Cc3ccc4cccc(S(C)(=O)=O)c4c3)cc2)CC1)S(=O)[O-]. The van der Waals surface area contributed by atoms with Crippen molar-refractivity contribution >= 4 is 43.5 Å². The van der Waals surface area contributed by atoms with Gasteiger partial charge in [0, 0.05) is 71.9 Å². The number of anilines is 1. The van der Waals surface area contributed by atoms with Crippen LogP contribution in [0.3, 0.4) is 0 Å². The van der Waals surface area contributed by atoms with E-state index in [1.54, 1.807) is 30.1 Å². The molecule has 0 amide bonds. The molecule has 3 aromatic carbocycles. The summed E-state index contributed by atoms with van der Waals surface area (Å²) >= 11 is -2.56. The third kappa shape index (κ3) is 6.59. The van der Waals surface area contributed by atoms with Gasteiger partial charge in [0.05, 0.1) is 11.3 Å². The molecule has 0 bridgehead atoms. The monoisotopic (exact) mass is 554 g/mol. The van der Waals surface area contributed by atoms with Gasteiger partial charge in [-0.2, -0.15) is 4.41 Å². The Hall–Kier alpha value is -3.27. The summed E-state index contributed by atoms with van der Waals surface area (Å²) in [5, 5.41) is 12.2. The van der Waals surface area contributed by atoms with Gasteiger partial charge < -0.3 is 14.6 Å². The van der Waals surface area contributed by atoms with Crippen LogP contribution in [0.2, 0.25) is 0 Å². The Kier molecular flexibility index (Phi) is 8.50. The number of piperazine rings is 1. The molecule has 9 nitrogen and oxygen atoms in total. The highest BCUT2D eigenvalue weighted by Gasteiger charge is 2.28. The van der Waals surface area contributed by atoms with E-state index in [1.165, 1.54) is 6.26 Å². The first-order valence-corrected chi connectivity index (χ1v) is 14.9. The first-order chi connectivity index (χ1) is 18.0. The topological polar surface area (TPSA) is 121 Å². The van der Waals surface area contributed by atoms with E-state index in [-0.39, 0.29) is 11.3 Å². The molecule has 1 fully saturated rings.